The Morgan fingerprint density at radius 3 is 2.53 bits per heavy atom. The minimum atomic E-state index is -0.260. The van der Waals surface area contributed by atoms with E-state index in [-0.39, 0.29) is 17.8 Å². The second-order valence-electron chi connectivity index (χ2n) is 10.6. The highest BCUT2D eigenvalue weighted by Crippen LogP contribution is 2.36. The molecule has 2 aromatic carbocycles. The minimum Gasteiger partial charge on any atom is -0.491 e. The molecule has 0 aromatic heterocycles. The van der Waals surface area contributed by atoms with Crippen molar-refractivity contribution in [2.45, 2.75) is 64.3 Å². The summed E-state index contributed by atoms with van der Waals surface area (Å²) in [7, 11) is 0. The van der Waals surface area contributed by atoms with E-state index in [0.717, 1.165) is 76.2 Å². The molecule has 1 saturated carbocycles. The van der Waals surface area contributed by atoms with Crippen molar-refractivity contribution in [2.24, 2.45) is 5.92 Å². The number of anilines is 2. The zero-order valence-corrected chi connectivity index (χ0v) is 21.6. The van der Waals surface area contributed by atoms with E-state index in [0.29, 0.717) is 18.3 Å². The van der Waals surface area contributed by atoms with Crippen molar-refractivity contribution in [2.75, 3.05) is 49.1 Å². The highest BCUT2D eigenvalue weighted by Gasteiger charge is 2.36. The number of hydrogen-bond donors (Lipinski definition) is 0. The molecule has 1 saturated heterocycles. The van der Waals surface area contributed by atoms with Gasteiger partial charge >= 0.3 is 0 Å². The lowest BCUT2D eigenvalue weighted by atomic mass is 9.86. The van der Waals surface area contributed by atoms with Crippen LogP contribution in [0, 0.1) is 11.7 Å². The number of benzene rings is 2. The van der Waals surface area contributed by atoms with Gasteiger partial charge in [0.2, 0.25) is 5.91 Å². The predicted molar refractivity (Wildman–Crippen MR) is 143 cm³/mol. The number of fused-ring (bicyclic) bond motifs is 1. The quantitative estimate of drug-likeness (QED) is 0.498. The van der Waals surface area contributed by atoms with E-state index in [1.165, 1.54) is 37.0 Å². The molecular formula is C30H40FN3O2. The number of piperazine rings is 1. The van der Waals surface area contributed by atoms with Crippen LogP contribution in [-0.2, 0) is 11.2 Å². The van der Waals surface area contributed by atoms with E-state index in [4.69, 9.17) is 4.74 Å². The number of carbonyl (C=O) groups excluding carboxylic acids is 1. The molecule has 2 aliphatic heterocycles. The van der Waals surface area contributed by atoms with Crippen LogP contribution < -0.4 is 14.5 Å². The fourth-order valence-electron chi connectivity index (χ4n) is 6.17. The third kappa shape index (κ3) is 5.54. The first-order chi connectivity index (χ1) is 17.6. The summed E-state index contributed by atoms with van der Waals surface area (Å²) in [6, 6.07) is 13.6. The second-order valence-corrected chi connectivity index (χ2v) is 10.6. The molecule has 1 aliphatic carbocycles. The summed E-state index contributed by atoms with van der Waals surface area (Å²) in [5, 5.41) is 0. The molecule has 2 aromatic rings. The zero-order chi connectivity index (χ0) is 24.9. The smallest absolute Gasteiger partial charge is 0.230 e. The second kappa shape index (κ2) is 11.6. The maximum atomic E-state index is 13.9. The topological polar surface area (TPSA) is 36.0 Å². The summed E-state index contributed by atoms with van der Waals surface area (Å²) in [6.45, 7) is 7.14. The van der Waals surface area contributed by atoms with Gasteiger partial charge in [-0.05, 0) is 55.9 Å². The summed E-state index contributed by atoms with van der Waals surface area (Å²) in [6.07, 6.45) is 8.60. The summed E-state index contributed by atoms with van der Waals surface area (Å²) in [5.41, 5.74) is 3.41. The van der Waals surface area contributed by atoms with Crippen molar-refractivity contribution in [3.05, 3.63) is 53.8 Å². The van der Waals surface area contributed by atoms with E-state index in [1.54, 1.807) is 0 Å². The Morgan fingerprint density at radius 2 is 1.75 bits per heavy atom. The minimum absolute atomic E-state index is 0.171. The van der Waals surface area contributed by atoms with Crippen molar-refractivity contribution in [1.29, 1.82) is 0 Å². The van der Waals surface area contributed by atoms with Crippen molar-refractivity contribution >= 4 is 17.3 Å². The fraction of sp³-hybridized carbons (Fsp3) is 0.567. The summed E-state index contributed by atoms with van der Waals surface area (Å²) in [5.74, 6) is 0.890. The number of amides is 1. The van der Waals surface area contributed by atoms with Crippen LogP contribution in [0.2, 0.25) is 0 Å². The van der Waals surface area contributed by atoms with Crippen LogP contribution in [0.4, 0.5) is 15.8 Å². The first-order valence-corrected chi connectivity index (χ1v) is 13.9. The van der Waals surface area contributed by atoms with Crippen molar-refractivity contribution in [3.63, 3.8) is 0 Å². The van der Waals surface area contributed by atoms with Gasteiger partial charge < -0.3 is 14.5 Å². The van der Waals surface area contributed by atoms with Crippen LogP contribution in [0.15, 0.2) is 42.5 Å². The van der Waals surface area contributed by atoms with Gasteiger partial charge in [-0.1, -0.05) is 44.4 Å². The van der Waals surface area contributed by atoms with Gasteiger partial charge in [-0.15, -0.1) is 0 Å². The lowest BCUT2D eigenvalue weighted by Gasteiger charge is -2.44. The van der Waals surface area contributed by atoms with Crippen LogP contribution in [0.5, 0.6) is 5.75 Å². The van der Waals surface area contributed by atoms with E-state index >= 15 is 0 Å². The van der Waals surface area contributed by atoms with Gasteiger partial charge in [0.15, 0.2) is 0 Å². The lowest BCUT2D eigenvalue weighted by Crippen LogP contribution is -2.55. The number of rotatable bonds is 7. The van der Waals surface area contributed by atoms with Crippen LogP contribution in [0.1, 0.15) is 57.4 Å². The van der Waals surface area contributed by atoms with E-state index in [1.807, 2.05) is 6.07 Å². The number of para-hydroxylation sites is 1. The Labute approximate surface area is 215 Å². The van der Waals surface area contributed by atoms with Gasteiger partial charge in [0.25, 0.3) is 0 Å². The molecule has 5 rings (SSSR count). The molecule has 2 fully saturated rings. The Morgan fingerprint density at radius 1 is 0.972 bits per heavy atom. The number of halogens is 1. The maximum Gasteiger partial charge on any atom is 0.230 e. The monoisotopic (exact) mass is 493 g/mol. The highest BCUT2D eigenvalue weighted by molar-refractivity contribution is 5.97. The van der Waals surface area contributed by atoms with Crippen molar-refractivity contribution in [1.82, 2.24) is 4.90 Å². The molecule has 6 heteroatoms. The Balaban J connectivity index is 1.27. The number of nitrogens with zero attached hydrogens (tertiary/aromatic N) is 3. The molecule has 0 spiro atoms. The molecule has 1 amide bonds. The highest BCUT2D eigenvalue weighted by atomic mass is 19.1. The Hall–Kier alpha value is -2.60. The number of ether oxygens (including phenoxy) is 1. The van der Waals surface area contributed by atoms with Crippen molar-refractivity contribution in [3.8, 4) is 5.75 Å². The van der Waals surface area contributed by atoms with Crippen LogP contribution in [0.3, 0.4) is 0 Å². The largest absolute Gasteiger partial charge is 0.491 e. The molecule has 2 heterocycles. The number of carbonyl (C=O) groups is 1. The fourth-order valence-corrected chi connectivity index (χ4v) is 6.17. The van der Waals surface area contributed by atoms with Crippen LogP contribution in [0.25, 0.3) is 0 Å². The SMILES string of the molecule is CCCOc1cc(F)ccc1N1CCN(CC2CCc3ccccc3N2C(=O)C2CCCCC2)CC1. The van der Waals surface area contributed by atoms with Crippen LogP contribution in [-0.4, -0.2) is 56.2 Å². The summed E-state index contributed by atoms with van der Waals surface area (Å²) in [4.78, 5) is 20.8. The predicted octanol–water partition coefficient (Wildman–Crippen LogP) is 5.66. The van der Waals surface area contributed by atoms with Gasteiger partial charge in [-0.25, -0.2) is 4.39 Å². The molecule has 194 valence electrons. The van der Waals surface area contributed by atoms with Gasteiger partial charge in [0.1, 0.15) is 11.6 Å². The van der Waals surface area contributed by atoms with Gasteiger partial charge in [-0.2, -0.15) is 0 Å². The molecule has 36 heavy (non-hydrogen) atoms. The molecular weight excluding hydrogens is 453 g/mol. The third-order valence-electron chi connectivity index (χ3n) is 8.12. The molecule has 1 atom stereocenters. The van der Waals surface area contributed by atoms with E-state index < -0.39 is 0 Å². The molecule has 1 unspecified atom stereocenters. The first-order valence-electron chi connectivity index (χ1n) is 13.9. The number of aryl methyl sites for hydroxylation is 1. The molecule has 3 aliphatic rings. The average Bonchev–Trinajstić information content (AvgIpc) is 2.92. The van der Waals surface area contributed by atoms with Gasteiger partial charge in [-0.3, -0.25) is 9.69 Å². The maximum absolute atomic E-state index is 13.9. The Kier molecular flexibility index (Phi) is 8.10. The third-order valence-corrected chi connectivity index (χ3v) is 8.12. The average molecular weight is 494 g/mol. The lowest BCUT2D eigenvalue weighted by molar-refractivity contribution is -0.124. The molecule has 5 nitrogen and oxygen atoms in total. The Bertz CT molecular complexity index is 1030. The number of hydrogen-bond acceptors (Lipinski definition) is 4. The normalized spacial score (nSPS) is 21.3. The van der Waals surface area contributed by atoms with Crippen LogP contribution >= 0.6 is 0 Å². The molecule has 0 N–H and O–H groups in total. The summed E-state index contributed by atoms with van der Waals surface area (Å²) < 4.78 is 19.7. The van der Waals surface area contributed by atoms with E-state index in [9.17, 15) is 9.18 Å². The van der Waals surface area contributed by atoms with Gasteiger partial charge in [0, 0.05) is 56.4 Å². The van der Waals surface area contributed by atoms with E-state index in [2.05, 4.69) is 45.9 Å². The first kappa shape index (κ1) is 25.1. The van der Waals surface area contributed by atoms with Gasteiger partial charge in [0.05, 0.1) is 12.3 Å². The summed E-state index contributed by atoms with van der Waals surface area (Å²) >= 11 is 0. The van der Waals surface area contributed by atoms with Crippen molar-refractivity contribution < 1.29 is 13.9 Å². The molecule has 0 radical (unpaired) electrons. The standard InChI is InChI=1S/C30H40FN3O2/c1-2-20-36-29-21-25(31)13-15-28(29)33-18-16-32(17-19-33)22-26-14-12-23-8-6-7-11-27(23)34(26)30(35)24-9-4-3-5-10-24/h6-8,11,13,15,21,24,26H,2-5,9-10,12,14,16-20,22H2,1H3. The molecule has 0 bridgehead atoms. The zero-order valence-electron chi connectivity index (χ0n) is 21.6.